The number of alkyl halides is 1. The van der Waals surface area contributed by atoms with Crippen LogP contribution in [0.15, 0.2) is 32.7 Å². The Hall–Kier alpha value is -2.17. The maximum atomic E-state index is 13.4. The van der Waals surface area contributed by atoms with Gasteiger partial charge in [-0.1, -0.05) is 6.92 Å². The molecule has 2 aliphatic carbocycles. The van der Waals surface area contributed by atoms with Crippen molar-refractivity contribution < 1.29 is 13.2 Å². The predicted molar refractivity (Wildman–Crippen MR) is 124 cm³/mol. The van der Waals surface area contributed by atoms with Crippen LogP contribution in [0.2, 0.25) is 0 Å². The fourth-order valence-corrected chi connectivity index (χ4v) is 6.01. The van der Waals surface area contributed by atoms with Gasteiger partial charge in [0.2, 0.25) is 15.9 Å². The zero-order chi connectivity index (χ0) is 23.8. The van der Waals surface area contributed by atoms with Crippen LogP contribution in [0.5, 0.6) is 0 Å². The molecule has 0 radical (unpaired) electrons. The lowest BCUT2D eigenvalue weighted by Crippen LogP contribution is -2.57. The number of sulfonamides is 1. The van der Waals surface area contributed by atoms with Crippen molar-refractivity contribution in [2.45, 2.75) is 62.6 Å². The first-order valence-electron chi connectivity index (χ1n) is 11.1. The minimum Gasteiger partial charge on any atom is -0.337 e. The number of nitrogens with zero attached hydrogens (tertiary/aromatic N) is 3. The lowest BCUT2D eigenvalue weighted by atomic mass is 10.1. The molecule has 178 valence electrons. The molecule has 11 heteroatoms. The predicted octanol–water partition coefficient (Wildman–Crippen LogP) is 1.42. The second kappa shape index (κ2) is 7.41. The Bertz CT molecular complexity index is 1380. The number of halogens is 1. The first-order chi connectivity index (χ1) is 15.5. The molecule has 2 aromatic rings. The van der Waals surface area contributed by atoms with E-state index in [-0.39, 0.29) is 40.6 Å². The SMILES string of the molecule is CC1(Cn2c(=O)n(C3CN(C(=O)CCl)C3)c(=O)c3cc(S(=O)(=O)NC4(C)CC4)ccc32)CC1. The highest BCUT2D eigenvalue weighted by Crippen LogP contribution is 2.46. The highest BCUT2D eigenvalue weighted by molar-refractivity contribution is 7.89. The van der Waals surface area contributed by atoms with E-state index in [1.54, 1.807) is 10.6 Å². The summed E-state index contributed by atoms with van der Waals surface area (Å²) in [7, 11) is -3.81. The standard InChI is InChI=1S/C22H27ClN4O5S/c1-21(5-6-21)13-26-17-4-3-15(33(31,32)24-22(2)7-8-22)9-16(17)19(29)27(20(26)30)14-11-25(12-14)18(28)10-23/h3-4,9,14,24H,5-8,10-13H2,1-2H3. The minimum absolute atomic E-state index is 0.00200. The Kier molecular flexibility index (Phi) is 5.08. The second-order valence-corrected chi connectivity index (χ2v) is 12.2. The van der Waals surface area contributed by atoms with Gasteiger partial charge in [-0.2, -0.15) is 0 Å². The van der Waals surface area contributed by atoms with Crippen molar-refractivity contribution >= 4 is 38.4 Å². The third-order valence-electron chi connectivity index (χ3n) is 7.17. The summed E-state index contributed by atoms with van der Waals surface area (Å²) in [5.41, 5.74) is -1.00. The zero-order valence-corrected chi connectivity index (χ0v) is 20.2. The fourth-order valence-electron chi connectivity index (χ4n) is 4.35. The molecule has 3 aliphatic rings. The number of nitrogens with one attached hydrogen (secondary N) is 1. The number of fused-ring (bicyclic) bond motifs is 1. The molecule has 1 aromatic heterocycles. The third kappa shape index (κ3) is 4.02. The van der Waals surface area contributed by atoms with Crippen molar-refractivity contribution in [3.05, 3.63) is 39.0 Å². The van der Waals surface area contributed by atoms with Crippen molar-refractivity contribution in [3.63, 3.8) is 0 Å². The molecule has 9 nitrogen and oxygen atoms in total. The Morgan fingerprint density at radius 3 is 2.39 bits per heavy atom. The average molecular weight is 495 g/mol. The number of amides is 1. The van der Waals surface area contributed by atoms with E-state index in [4.69, 9.17) is 11.6 Å². The number of likely N-dealkylation sites (tertiary alicyclic amines) is 1. The molecule has 33 heavy (non-hydrogen) atoms. The van der Waals surface area contributed by atoms with Crippen LogP contribution < -0.4 is 16.0 Å². The highest BCUT2D eigenvalue weighted by Gasteiger charge is 2.42. The molecule has 1 N–H and O–H groups in total. The Balaban J connectivity index is 1.62. The van der Waals surface area contributed by atoms with Crippen molar-refractivity contribution in [2.24, 2.45) is 5.41 Å². The van der Waals surface area contributed by atoms with Crippen LogP contribution in [0.25, 0.3) is 10.9 Å². The monoisotopic (exact) mass is 494 g/mol. The topological polar surface area (TPSA) is 110 Å². The molecular weight excluding hydrogens is 468 g/mol. The molecule has 0 spiro atoms. The molecule has 1 aromatic carbocycles. The van der Waals surface area contributed by atoms with Crippen LogP contribution >= 0.6 is 11.6 Å². The first kappa shape index (κ1) is 22.6. The van der Waals surface area contributed by atoms with Crippen molar-refractivity contribution in [1.82, 2.24) is 18.8 Å². The molecule has 5 rings (SSSR count). The number of aromatic nitrogens is 2. The normalized spacial score (nSPS) is 21.1. The van der Waals surface area contributed by atoms with E-state index in [1.165, 1.54) is 21.6 Å². The second-order valence-electron chi connectivity index (χ2n) is 10.3. The van der Waals surface area contributed by atoms with E-state index in [2.05, 4.69) is 11.6 Å². The minimum atomic E-state index is -3.81. The number of carbonyl (C=O) groups is 1. The van der Waals surface area contributed by atoms with Gasteiger partial charge >= 0.3 is 5.69 Å². The van der Waals surface area contributed by atoms with Gasteiger partial charge in [0.05, 0.1) is 21.8 Å². The lowest BCUT2D eigenvalue weighted by Gasteiger charge is -2.39. The Labute approximate surface area is 196 Å². The van der Waals surface area contributed by atoms with E-state index in [0.29, 0.717) is 12.1 Å². The maximum Gasteiger partial charge on any atom is 0.331 e. The van der Waals surface area contributed by atoms with Gasteiger partial charge in [0, 0.05) is 25.2 Å². The summed E-state index contributed by atoms with van der Waals surface area (Å²) in [4.78, 5) is 40.2. The molecule has 1 saturated heterocycles. The third-order valence-corrected chi connectivity index (χ3v) is 9.04. The molecular formula is C22H27ClN4O5S. The van der Waals surface area contributed by atoms with Crippen LogP contribution in [0.3, 0.4) is 0 Å². The summed E-state index contributed by atoms with van der Waals surface area (Å²) in [6, 6.07) is 3.91. The summed E-state index contributed by atoms with van der Waals surface area (Å²) >= 11 is 5.62. The van der Waals surface area contributed by atoms with Crippen LogP contribution in [0.4, 0.5) is 0 Å². The fraction of sp³-hybridized carbons (Fsp3) is 0.591. The smallest absolute Gasteiger partial charge is 0.331 e. The molecule has 3 fully saturated rings. The van der Waals surface area contributed by atoms with Gasteiger partial charge < -0.3 is 4.90 Å². The van der Waals surface area contributed by atoms with E-state index >= 15 is 0 Å². The molecule has 0 bridgehead atoms. The molecule has 2 heterocycles. The summed E-state index contributed by atoms with van der Waals surface area (Å²) in [5.74, 6) is -0.407. The summed E-state index contributed by atoms with van der Waals surface area (Å²) in [6.45, 7) is 4.83. The van der Waals surface area contributed by atoms with Crippen LogP contribution in [-0.4, -0.2) is 52.9 Å². The van der Waals surface area contributed by atoms with Gasteiger partial charge in [-0.3, -0.25) is 18.7 Å². The Morgan fingerprint density at radius 2 is 1.82 bits per heavy atom. The van der Waals surface area contributed by atoms with Gasteiger partial charge in [0.15, 0.2) is 0 Å². The summed E-state index contributed by atoms with van der Waals surface area (Å²) in [5, 5.41) is 0.185. The van der Waals surface area contributed by atoms with Crippen molar-refractivity contribution in [1.29, 1.82) is 0 Å². The molecule has 0 atom stereocenters. The average Bonchev–Trinajstić information content (AvgIpc) is 3.64. The van der Waals surface area contributed by atoms with Gasteiger partial charge in [0.25, 0.3) is 5.56 Å². The Morgan fingerprint density at radius 1 is 1.15 bits per heavy atom. The number of hydrogen-bond donors (Lipinski definition) is 1. The van der Waals surface area contributed by atoms with E-state index in [9.17, 15) is 22.8 Å². The van der Waals surface area contributed by atoms with Gasteiger partial charge in [-0.05, 0) is 56.2 Å². The molecule has 1 amide bonds. The number of benzene rings is 1. The van der Waals surface area contributed by atoms with Crippen molar-refractivity contribution in [2.75, 3.05) is 19.0 Å². The zero-order valence-electron chi connectivity index (χ0n) is 18.6. The van der Waals surface area contributed by atoms with E-state index in [0.717, 1.165) is 25.7 Å². The van der Waals surface area contributed by atoms with Crippen molar-refractivity contribution in [3.8, 4) is 0 Å². The van der Waals surface area contributed by atoms with Gasteiger partial charge in [0.1, 0.15) is 5.88 Å². The first-order valence-corrected chi connectivity index (χ1v) is 13.1. The van der Waals surface area contributed by atoms with Gasteiger partial charge in [-0.25, -0.2) is 17.9 Å². The van der Waals surface area contributed by atoms with Crippen LogP contribution in [0, 0.1) is 5.41 Å². The largest absolute Gasteiger partial charge is 0.337 e. The summed E-state index contributed by atoms with van der Waals surface area (Å²) < 4.78 is 31.3. The number of rotatable bonds is 7. The molecule has 2 saturated carbocycles. The van der Waals surface area contributed by atoms with E-state index < -0.39 is 32.9 Å². The number of carbonyl (C=O) groups excluding carboxylic acids is 1. The molecule has 0 unspecified atom stereocenters. The maximum absolute atomic E-state index is 13.4. The summed E-state index contributed by atoms with van der Waals surface area (Å²) in [6.07, 6.45) is 3.50. The quantitative estimate of drug-likeness (QED) is 0.585. The van der Waals surface area contributed by atoms with Gasteiger partial charge in [-0.15, -0.1) is 11.6 Å². The lowest BCUT2D eigenvalue weighted by molar-refractivity contribution is -0.134. The number of hydrogen-bond acceptors (Lipinski definition) is 5. The van der Waals surface area contributed by atoms with Crippen LogP contribution in [-0.2, 0) is 21.4 Å². The van der Waals surface area contributed by atoms with Crippen LogP contribution in [0.1, 0.15) is 45.6 Å². The molecule has 1 aliphatic heterocycles. The van der Waals surface area contributed by atoms with E-state index in [1.807, 2.05) is 6.92 Å². The highest BCUT2D eigenvalue weighted by atomic mass is 35.5.